The van der Waals surface area contributed by atoms with E-state index in [1.54, 1.807) is 54.6 Å². The van der Waals surface area contributed by atoms with Crippen molar-refractivity contribution in [3.05, 3.63) is 140 Å². The molecule has 0 atom stereocenters. The summed E-state index contributed by atoms with van der Waals surface area (Å²) < 4.78 is 46.8. The number of amides is 4. The minimum absolute atomic E-state index is 0.0159. The highest BCUT2D eigenvalue weighted by Crippen LogP contribution is 2.38. The monoisotopic (exact) mass is 999 g/mol. The van der Waals surface area contributed by atoms with Gasteiger partial charge in [0.1, 0.15) is 22.7 Å². The normalized spacial score (nSPS) is 15.8. The van der Waals surface area contributed by atoms with E-state index < -0.39 is 40.1 Å². The molecule has 0 saturated carbocycles. The second-order valence-electron chi connectivity index (χ2n) is 11.1. The van der Waals surface area contributed by atoms with Gasteiger partial charge in [-0.15, -0.1) is 11.3 Å². The van der Waals surface area contributed by atoms with Gasteiger partial charge in [-0.3, -0.25) is 40.1 Å². The lowest BCUT2D eigenvalue weighted by atomic mass is 10.1. The first kappa shape index (κ1) is 38.7. The number of furan rings is 1. The Hall–Kier alpha value is -5.06. The summed E-state index contributed by atoms with van der Waals surface area (Å²) in [6.07, 6.45) is -2.04. The summed E-state index contributed by atoms with van der Waals surface area (Å²) in [4.78, 5) is 60.5. The number of hydrogen-bond acceptors (Lipinski definition) is 8. The molecule has 2 aliphatic heterocycles. The summed E-state index contributed by atoms with van der Waals surface area (Å²) in [5.41, 5.74) is 3.78. The lowest BCUT2D eigenvalue weighted by molar-refractivity contribution is -0.384. The molecule has 12 nitrogen and oxygen atoms in total. The fourth-order valence-corrected chi connectivity index (χ4v) is 6.72. The lowest BCUT2D eigenvalue weighted by Gasteiger charge is -2.14. The molecule has 54 heavy (non-hydrogen) atoms. The molecule has 0 unspecified atom stereocenters. The van der Waals surface area contributed by atoms with E-state index in [4.69, 9.17) is 16.0 Å². The second-order valence-corrected chi connectivity index (χ2v) is 15.3. The Morgan fingerprint density at radius 3 is 1.78 bits per heavy atom. The number of hydrazine groups is 2. The summed E-state index contributed by atoms with van der Waals surface area (Å²) in [5.74, 6) is -2.18. The molecule has 5 aromatic rings. The SMILES string of the molecule is O=C1NN(c2ccc(I)cc2)C(=O)C1=Cc1ccc(-c2ccc(C(F)(F)F)cc2[N+](=O)[O-])o1.O=C1NN(c2ccc(I)cc2)C(=O)C1=Cc1ccc(Cl)s1. The topological polar surface area (TPSA) is 155 Å². The lowest BCUT2D eigenvalue weighted by Crippen LogP contribution is -2.35. The molecule has 0 spiro atoms. The van der Waals surface area contributed by atoms with Gasteiger partial charge in [0.25, 0.3) is 29.3 Å². The number of alkyl halides is 3. The van der Waals surface area contributed by atoms with Gasteiger partial charge in [-0.1, -0.05) is 11.6 Å². The van der Waals surface area contributed by atoms with E-state index in [2.05, 4.69) is 56.0 Å². The molecule has 0 aliphatic carbocycles. The number of benzene rings is 3. The third kappa shape index (κ3) is 8.50. The molecule has 4 amide bonds. The number of anilines is 2. The molecular formula is C35H19ClF3I2N5O7S. The summed E-state index contributed by atoms with van der Waals surface area (Å²) in [6, 6.07) is 22.3. The molecule has 19 heteroatoms. The number of nitrogens with one attached hydrogen (secondary N) is 2. The first-order chi connectivity index (χ1) is 25.6. The average Bonchev–Trinajstić information content (AvgIpc) is 3.90. The fourth-order valence-electron chi connectivity index (χ4n) is 4.99. The van der Waals surface area contributed by atoms with E-state index in [1.807, 2.05) is 12.1 Å². The highest BCUT2D eigenvalue weighted by Gasteiger charge is 2.36. The Bertz CT molecular complexity index is 2400. The number of thiophene rings is 1. The zero-order valence-corrected chi connectivity index (χ0v) is 32.6. The predicted octanol–water partition coefficient (Wildman–Crippen LogP) is 8.41. The molecule has 2 aromatic heterocycles. The van der Waals surface area contributed by atoms with Crippen LogP contribution in [0.25, 0.3) is 23.5 Å². The minimum Gasteiger partial charge on any atom is -0.456 e. The predicted molar refractivity (Wildman–Crippen MR) is 211 cm³/mol. The summed E-state index contributed by atoms with van der Waals surface area (Å²) in [5, 5.41) is 13.6. The summed E-state index contributed by atoms with van der Waals surface area (Å²) >= 11 is 11.4. The van der Waals surface area contributed by atoms with Gasteiger partial charge < -0.3 is 4.42 Å². The van der Waals surface area contributed by atoms with E-state index in [0.29, 0.717) is 27.8 Å². The third-order valence-electron chi connectivity index (χ3n) is 7.53. The fraction of sp³-hybridized carbons (Fsp3) is 0.0286. The van der Waals surface area contributed by atoms with Crippen molar-refractivity contribution in [3.8, 4) is 11.3 Å². The average molecular weight is 1000 g/mol. The maximum absolute atomic E-state index is 12.9. The number of carbonyl (C=O) groups is 4. The first-order valence-electron chi connectivity index (χ1n) is 15.1. The molecule has 2 N–H and O–H groups in total. The Kier molecular flexibility index (Phi) is 11.3. The van der Waals surface area contributed by atoms with E-state index in [1.165, 1.54) is 28.5 Å². The summed E-state index contributed by atoms with van der Waals surface area (Å²) in [6.45, 7) is 0. The van der Waals surface area contributed by atoms with Crippen molar-refractivity contribution >= 4 is 121 Å². The quantitative estimate of drug-likeness (QED) is 0.0570. The van der Waals surface area contributed by atoms with Crippen LogP contribution in [0, 0.1) is 17.3 Å². The van der Waals surface area contributed by atoms with Gasteiger partial charge in [0, 0.05) is 18.1 Å². The number of nitrogens with zero attached hydrogens (tertiary/aromatic N) is 3. The van der Waals surface area contributed by atoms with Crippen LogP contribution < -0.4 is 20.9 Å². The van der Waals surface area contributed by atoms with Crippen molar-refractivity contribution in [2.24, 2.45) is 0 Å². The molecule has 0 bridgehead atoms. The Morgan fingerprint density at radius 1 is 0.759 bits per heavy atom. The zero-order valence-electron chi connectivity index (χ0n) is 26.7. The van der Waals surface area contributed by atoms with Crippen LogP contribution in [0.3, 0.4) is 0 Å². The molecular weight excluding hydrogens is 981 g/mol. The van der Waals surface area contributed by atoms with Gasteiger partial charge in [0.05, 0.1) is 31.8 Å². The van der Waals surface area contributed by atoms with Crippen molar-refractivity contribution < 1.29 is 41.7 Å². The largest absolute Gasteiger partial charge is 0.456 e. The zero-order chi connectivity index (χ0) is 38.9. The summed E-state index contributed by atoms with van der Waals surface area (Å²) in [7, 11) is 0. The molecule has 2 aliphatic rings. The van der Waals surface area contributed by atoms with Crippen molar-refractivity contribution in [2.45, 2.75) is 6.18 Å². The van der Waals surface area contributed by atoms with Gasteiger partial charge in [-0.05, 0) is 142 Å². The van der Waals surface area contributed by atoms with Gasteiger partial charge in [0.15, 0.2) is 0 Å². The van der Waals surface area contributed by atoms with E-state index in [9.17, 15) is 42.5 Å². The van der Waals surface area contributed by atoms with E-state index in [-0.39, 0.29) is 34.1 Å². The number of nitro groups is 1. The number of rotatable bonds is 6. The maximum atomic E-state index is 12.9. The van der Waals surface area contributed by atoms with Gasteiger partial charge in [-0.25, -0.2) is 10.0 Å². The Morgan fingerprint density at radius 2 is 1.30 bits per heavy atom. The van der Waals surface area contributed by atoms with Gasteiger partial charge in [-0.2, -0.15) is 13.2 Å². The molecule has 0 radical (unpaired) electrons. The standard InChI is InChI=1S/C21H11F3IN3O5.C14H8ClIN2O2S/c22-21(23,24)11-1-7-15(17(9-11)28(31)32)18-8-6-14(33-18)10-16-19(29)26-27(20(16)30)13-4-2-12(25)3-5-13;15-12-6-5-10(21-12)7-11-13(19)17-18(14(11)20)9-3-1-8(16)2-4-9/h1-10H,(H,26,29);1-7H,(H,17,19). The second kappa shape index (κ2) is 15.7. The molecule has 7 rings (SSSR count). The van der Waals surface area contributed by atoms with Crippen LogP contribution in [-0.2, 0) is 25.4 Å². The van der Waals surface area contributed by atoms with E-state index >= 15 is 0 Å². The van der Waals surface area contributed by atoms with Gasteiger partial charge >= 0.3 is 6.18 Å². The van der Waals surface area contributed by atoms with Crippen LogP contribution in [0.4, 0.5) is 30.2 Å². The number of carbonyl (C=O) groups excluding carboxylic acids is 4. The number of nitro benzene ring substituents is 1. The molecule has 2 fully saturated rings. The van der Waals surface area contributed by atoms with Gasteiger partial charge in [0.2, 0.25) is 0 Å². The third-order valence-corrected chi connectivity index (χ3v) is 10.2. The van der Waals surface area contributed by atoms with Crippen molar-refractivity contribution in [2.75, 3.05) is 10.0 Å². The highest BCUT2D eigenvalue weighted by atomic mass is 127. The van der Waals surface area contributed by atoms with E-state index in [0.717, 1.165) is 29.2 Å². The minimum atomic E-state index is -4.75. The van der Waals surface area contributed by atoms with Crippen LogP contribution in [-0.4, -0.2) is 28.6 Å². The molecule has 274 valence electrons. The van der Waals surface area contributed by atoms with Crippen LogP contribution in [0.2, 0.25) is 4.34 Å². The Labute approximate surface area is 338 Å². The van der Waals surface area contributed by atoms with Crippen LogP contribution in [0.5, 0.6) is 0 Å². The van der Waals surface area contributed by atoms with Crippen LogP contribution in [0.15, 0.2) is 107 Å². The van der Waals surface area contributed by atoms with Crippen LogP contribution >= 0.6 is 68.1 Å². The van der Waals surface area contributed by atoms with Crippen molar-refractivity contribution in [1.82, 2.24) is 10.9 Å². The molecule has 2 saturated heterocycles. The van der Waals surface area contributed by atoms with Crippen molar-refractivity contribution in [3.63, 3.8) is 0 Å². The first-order valence-corrected chi connectivity index (χ1v) is 18.4. The number of hydrogen-bond donors (Lipinski definition) is 2. The molecule has 3 aromatic carbocycles. The molecule has 4 heterocycles. The van der Waals surface area contributed by atoms with Crippen LogP contribution in [0.1, 0.15) is 16.2 Å². The van der Waals surface area contributed by atoms with Crippen molar-refractivity contribution in [1.29, 1.82) is 0 Å². The highest BCUT2D eigenvalue weighted by molar-refractivity contribution is 14.1. The smallest absolute Gasteiger partial charge is 0.416 e. The number of halogens is 6. The maximum Gasteiger partial charge on any atom is 0.416 e. The Balaban J connectivity index is 0.000000203.